The number of para-hydroxylation sites is 1. The Bertz CT molecular complexity index is 351. The van der Waals surface area contributed by atoms with Crippen LogP contribution in [-0.2, 0) is 4.79 Å². The zero-order chi connectivity index (χ0) is 12.8. The first-order valence-corrected chi connectivity index (χ1v) is 5.74. The lowest BCUT2D eigenvalue weighted by atomic mass is 10.3. The number of amides is 1. The fraction of sp³-hybridized carbons (Fsp3) is 0.462. The molecule has 0 saturated carbocycles. The number of nitrogens with zero attached hydrogens (tertiary/aromatic N) is 3. The van der Waals surface area contributed by atoms with E-state index in [2.05, 4.69) is 4.90 Å². The van der Waals surface area contributed by atoms with Gasteiger partial charge >= 0.3 is 0 Å². The Morgan fingerprint density at radius 1 is 1.06 bits per heavy atom. The summed E-state index contributed by atoms with van der Waals surface area (Å²) < 4.78 is 0. The van der Waals surface area contributed by atoms with Crippen LogP contribution in [0.15, 0.2) is 30.3 Å². The van der Waals surface area contributed by atoms with Crippen LogP contribution >= 0.6 is 0 Å². The summed E-state index contributed by atoms with van der Waals surface area (Å²) >= 11 is 0. The van der Waals surface area contributed by atoms with Gasteiger partial charge in [-0.3, -0.25) is 14.8 Å². The predicted octanol–water partition coefficient (Wildman–Crippen LogP) is 1.45. The van der Waals surface area contributed by atoms with E-state index >= 15 is 0 Å². The quantitative estimate of drug-likeness (QED) is 0.723. The van der Waals surface area contributed by atoms with Gasteiger partial charge in [0.25, 0.3) is 0 Å². The minimum absolute atomic E-state index is 0.0348. The third kappa shape index (κ3) is 4.07. The molecule has 0 bridgehead atoms. The Morgan fingerprint density at radius 2 is 1.65 bits per heavy atom. The zero-order valence-corrected chi connectivity index (χ0v) is 11.1. The molecule has 0 fully saturated rings. The fourth-order valence-corrected chi connectivity index (χ4v) is 1.52. The van der Waals surface area contributed by atoms with E-state index in [0.29, 0.717) is 0 Å². The number of hydrogen-bond donors (Lipinski definition) is 0. The van der Waals surface area contributed by atoms with Crippen LogP contribution in [0.3, 0.4) is 0 Å². The van der Waals surface area contributed by atoms with Gasteiger partial charge in [-0.25, -0.2) is 0 Å². The molecule has 0 saturated heterocycles. The molecule has 1 rings (SSSR count). The van der Waals surface area contributed by atoms with Gasteiger partial charge in [0.2, 0.25) is 5.91 Å². The largest absolute Gasteiger partial charge is 0.308 e. The van der Waals surface area contributed by atoms with E-state index in [1.807, 2.05) is 49.4 Å². The summed E-state index contributed by atoms with van der Waals surface area (Å²) in [5.74, 6) is 0.0348. The van der Waals surface area contributed by atoms with Crippen molar-refractivity contribution in [2.45, 2.75) is 6.92 Å². The molecule has 0 heterocycles. The second-order valence-electron chi connectivity index (χ2n) is 4.30. The van der Waals surface area contributed by atoms with Crippen molar-refractivity contribution in [3.8, 4) is 0 Å². The molecule has 1 amide bonds. The highest BCUT2D eigenvalue weighted by Crippen LogP contribution is 2.14. The van der Waals surface area contributed by atoms with Gasteiger partial charge in [0.1, 0.15) is 0 Å². The Labute approximate surface area is 103 Å². The Balaban J connectivity index is 2.83. The van der Waals surface area contributed by atoms with Crippen LogP contribution in [0.5, 0.6) is 0 Å². The number of carbonyl (C=O) groups is 1. The van der Waals surface area contributed by atoms with Crippen molar-refractivity contribution >= 4 is 11.6 Å². The molecule has 0 atom stereocenters. The molecule has 94 valence electrons. The average molecular weight is 235 g/mol. The van der Waals surface area contributed by atoms with Crippen LogP contribution in [0, 0.1) is 0 Å². The first-order valence-electron chi connectivity index (χ1n) is 5.74. The third-order valence-corrected chi connectivity index (χ3v) is 2.63. The zero-order valence-electron chi connectivity index (χ0n) is 11.1. The molecule has 0 aromatic heterocycles. The topological polar surface area (TPSA) is 26.8 Å². The summed E-state index contributed by atoms with van der Waals surface area (Å²) in [5.41, 5.74) is 1.03. The van der Waals surface area contributed by atoms with E-state index in [-0.39, 0.29) is 5.91 Å². The predicted molar refractivity (Wildman–Crippen MR) is 70.8 cm³/mol. The normalized spacial score (nSPS) is 10.4. The second kappa shape index (κ2) is 6.25. The summed E-state index contributed by atoms with van der Waals surface area (Å²) in [4.78, 5) is 13.6. The number of benzene rings is 1. The lowest BCUT2D eigenvalue weighted by molar-refractivity contribution is -0.128. The Hall–Kier alpha value is -1.55. The molecule has 17 heavy (non-hydrogen) atoms. The maximum Gasteiger partial charge on any atom is 0.237 e. The van der Waals surface area contributed by atoms with Crippen LogP contribution in [-0.4, -0.2) is 50.0 Å². The molecule has 4 nitrogen and oxygen atoms in total. The Morgan fingerprint density at radius 3 is 2.12 bits per heavy atom. The van der Waals surface area contributed by atoms with Gasteiger partial charge in [-0.05, 0) is 26.2 Å². The second-order valence-corrected chi connectivity index (χ2v) is 4.30. The van der Waals surface area contributed by atoms with Gasteiger partial charge in [0, 0.05) is 20.5 Å². The van der Waals surface area contributed by atoms with E-state index in [4.69, 9.17) is 0 Å². The molecule has 0 aliphatic rings. The summed E-state index contributed by atoms with van der Waals surface area (Å²) in [5, 5.41) is 3.64. The van der Waals surface area contributed by atoms with Crippen LogP contribution in [0.2, 0.25) is 0 Å². The number of hydrogen-bond acceptors (Lipinski definition) is 3. The molecular weight excluding hydrogens is 214 g/mol. The summed E-state index contributed by atoms with van der Waals surface area (Å²) in [6, 6.07) is 9.95. The van der Waals surface area contributed by atoms with Gasteiger partial charge < -0.3 is 4.90 Å². The lowest BCUT2D eigenvalue weighted by Crippen LogP contribution is -2.46. The Kier molecular flexibility index (Phi) is 4.97. The molecule has 0 aliphatic carbocycles. The smallest absolute Gasteiger partial charge is 0.237 e. The van der Waals surface area contributed by atoms with E-state index in [1.54, 1.807) is 19.0 Å². The molecule has 1 aromatic rings. The van der Waals surface area contributed by atoms with Crippen LogP contribution in [0.25, 0.3) is 0 Å². The van der Waals surface area contributed by atoms with Gasteiger partial charge in [-0.1, -0.05) is 18.2 Å². The SMILES string of the molecule is CC(=O)N(C)N(CCN(C)C)c1ccccc1. The van der Waals surface area contributed by atoms with Crippen LogP contribution in [0.1, 0.15) is 6.92 Å². The van der Waals surface area contributed by atoms with Crippen LogP contribution < -0.4 is 5.01 Å². The lowest BCUT2D eigenvalue weighted by Gasteiger charge is -2.34. The van der Waals surface area contributed by atoms with E-state index in [0.717, 1.165) is 18.8 Å². The number of rotatable bonds is 5. The van der Waals surface area contributed by atoms with Gasteiger partial charge in [0.15, 0.2) is 0 Å². The van der Waals surface area contributed by atoms with Crippen molar-refractivity contribution in [1.82, 2.24) is 9.91 Å². The molecule has 4 heteroatoms. The summed E-state index contributed by atoms with van der Waals surface area (Å²) in [7, 11) is 5.85. The fourth-order valence-electron chi connectivity index (χ4n) is 1.52. The molecule has 0 unspecified atom stereocenters. The van der Waals surface area contributed by atoms with Crippen LogP contribution in [0.4, 0.5) is 5.69 Å². The average Bonchev–Trinajstić information content (AvgIpc) is 2.30. The molecular formula is C13H21N3O. The van der Waals surface area contributed by atoms with Crippen molar-refractivity contribution < 1.29 is 4.79 Å². The van der Waals surface area contributed by atoms with Crippen molar-refractivity contribution in [1.29, 1.82) is 0 Å². The monoisotopic (exact) mass is 235 g/mol. The maximum absolute atomic E-state index is 11.5. The highest BCUT2D eigenvalue weighted by molar-refractivity contribution is 5.75. The first kappa shape index (κ1) is 13.5. The molecule has 1 aromatic carbocycles. The molecule has 0 spiro atoms. The minimum atomic E-state index is 0.0348. The first-order chi connectivity index (χ1) is 8.02. The number of carbonyl (C=O) groups excluding carboxylic acids is 1. The van der Waals surface area contributed by atoms with Gasteiger partial charge in [-0.15, -0.1) is 0 Å². The van der Waals surface area contributed by atoms with Gasteiger partial charge in [-0.2, -0.15) is 0 Å². The van der Waals surface area contributed by atoms with E-state index in [9.17, 15) is 4.79 Å². The molecule has 0 aliphatic heterocycles. The highest BCUT2D eigenvalue weighted by Gasteiger charge is 2.14. The maximum atomic E-state index is 11.5. The molecule has 0 N–H and O–H groups in total. The van der Waals surface area contributed by atoms with Crippen molar-refractivity contribution in [2.24, 2.45) is 0 Å². The minimum Gasteiger partial charge on any atom is -0.308 e. The number of likely N-dealkylation sites (N-methyl/N-ethyl adjacent to an activating group) is 1. The third-order valence-electron chi connectivity index (χ3n) is 2.63. The molecule has 0 radical (unpaired) electrons. The van der Waals surface area contributed by atoms with E-state index < -0.39 is 0 Å². The highest BCUT2D eigenvalue weighted by atomic mass is 16.2. The van der Waals surface area contributed by atoms with Crippen molar-refractivity contribution in [2.75, 3.05) is 39.2 Å². The van der Waals surface area contributed by atoms with Crippen molar-refractivity contribution in [3.05, 3.63) is 30.3 Å². The number of hydrazine groups is 1. The summed E-state index contributed by atoms with van der Waals surface area (Å²) in [6.45, 7) is 3.26. The van der Waals surface area contributed by atoms with Gasteiger partial charge in [0.05, 0.1) is 12.2 Å². The standard InChI is InChI=1S/C13H21N3O/c1-12(17)15(4)16(11-10-14(2)3)13-8-6-5-7-9-13/h5-9H,10-11H2,1-4H3. The summed E-state index contributed by atoms with van der Waals surface area (Å²) in [6.07, 6.45) is 0. The van der Waals surface area contributed by atoms with E-state index in [1.165, 1.54) is 0 Å². The number of anilines is 1. The van der Waals surface area contributed by atoms with Crippen molar-refractivity contribution in [3.63, 3.8) is 0 Å².